The number of carboxylic acids is 1. The summed E-state index contributed by atoms with van der Waals surface area (Å²) in [5.41, 5.74) is -1.89. The molecule has 4 N–H and O–H groups in total. The highest BCUT2D eigenvalue weighted by atomic mass is 16.6. The van der Waals surface area contributed by atoms with Gasteiger partial charge >= 0.3 is 12.1 Å². The van der Waals surface area contributed by atoms with Gasteiger partial charge in [0.15, 0.2) is 0 Å². The Morgan fingerprint density at radius 1 is 1.17 bits per heavy atom. The SMILES string of the molecule is CC(C)N(C)CCCN(CC(OC(=O)N[C@H]1CCCCC/C=C\C2C[C@@]2(C(=O)O)NC(=O)[C@@H]2CCCN2C1=O)C(C)(C)C)C(O)CC=O. The number of allylic oxidation sites excluding steroid dienone is 1. The van der Waals surface area contributed by atoms with Gasteiger partial charge in [0.2, 0.25) is 11.8 Å². The van der Waals surface area contributed by atoms with Crippen molar-refractivity contribution >= 4 is 30.2 Å². The van der Waals surface area contributed by atoms with E-state index in [2.05, 4.69) is 29.4 Å². The van der Waals surface area contributed by atoms with E-state index in [1.807, 2.05) is 40.0 Å². The van der Waals surface area contributed by atoms with Gasteiger partial charge in [-0.25, -0.2) is 9.59 Å². The molecule has 1 saturated heterocycles. The molecule has 0 spiro atoms. The maximum atomic E-state index is 14.0. The van der Waals surface area contributed by atoms with Crippen LogP contribution < -0.4 is 10.6 Å². The summed E-state index contributed by atoms with van der Waals surface area (Å²) >= 11 is 0. The first-order chi connectivity index (χ1) is 22.6. The van der Waals surface area contributed by atoms with Gasteiger partial charge in [-0.1, -0.05) is 45.8 Å². The van der Waals surface area contributed by atoms with Gasteiger partial charge in [-0.3, -0.25) is 14.5 Å². The largest absolute Gasteiger partial charge is 0.479 e. The molecule has 2 fully saturated rings. The molecule has 2 aliphatic heterocycles. The van der Waals surface area contributed by atoms with Crippen LogP contribution >= 0.6 is 0 Å². The molecule has 1 saturated carbocycles. The summed E-state index contributed by atoms with van der Waals surface area (Å²) in [7, 11) is 2.03. The number of ether oxygens (including phenoxy) is 1. The molecule has 0 radical (unpaired) electrons. The fourth-order valence-electron chi connectivity index (χ4n) is 6.46. The van der Waals surface area contributed by atoms with E-state index < -0.39 is 53.3 Å². The van der Waals surface area contributed by atoms with Crippen LogP contribution in [-0.2, 0) is 23.9 Å². The molecule has 13 heteroatoms. The van der Waals surface area contributed by atoms with Gasteiger partial charge in [0, 0.05) is 43.4 Å². The minimum Gasteiger partial charge on any atom is -0.479 e. The third-order valence-corrected chi connectivity index (χ3v) is 10.1. The van der Waals surface area contributed by atoms with Gasteiger partial charge in [-0.2, -0.15) is 0 Å². The van der Waals surface area contributed by atoms with E-state index >= 15 is 0 Å². The molecule has 0 aromatic heterocycles. The summed E-state index contributed by atoms with van der Waals surface area (Å²) in [6.07, 6.45) is 7.40. The topological polar surface area (TPSA) is 169 Å². The van der Waals surface area contributed by atoms with Crippen molar-refractivity contribution < 1.29 is 38.9 Å². The Kier molecular flexibility index (Phi) is 14.4. The molecule has 3 unspecified atom stereocenters. The number of nitrogens with one attached hydrogen (secondary N) is 2. The van der Waals surface area contributed by atoms with Crippen LogP contribution in [0.5, 0.6) is 0 Å². The van der Waals surface area contributed by atoms with Crippen LogP contribution in [0.1, 0.15) is 98.8 Å². The number of carbonyl (C=O) groups is 5. The first-order valence-electron chi connectivity index (χ1n) is 17.7. The molecule has 3 rings (SSSR count). The second-order valence-corrected chi connectivity index (χ2v) is 15.1. The number of hydrogen-bond donors (Lipinski definition) is 4. The van der Waals surface area contributed by atoms with Crippen molar-refractivity contribution in [2.45, 2.75) is 135 Å². The monoisotopic (exact) mass is 677 g/mol. The number of aliphatic hydroxyl groups is 1. The fraction of sp³-hybridized carbons (Fsp3) is 0.800. The first-order valence-corrected chi connectivity index (χ1v) is 17.7. The van der Waals surface area contributed by atoms with Crippen molar-refractivity contribution in [3.63, 3.8) is 0 Å². The fourth-order valence-corrected chi connectivity index (χ4v) is 6.46. The minimum absolute atomic E-state index is 0.0751. The number of fused-ring (bicyclic) bond motifs is 2. The average molecular weight is 678 g/mol. The number of alkyl carbamates (subject to hydrolysis) is 1. The van der Waals surface area contributed by atoms with Crippen LogP contribution in [0.4, 0.5) is 4.79 Å². The van der Waals surface area contributed by atoms with Crippen molar-refractivity contribution in [2.75, 3.05) is 33.2 Å². The molecule has 1 aliphatic carbocycles. The van der Waals surface area contributed by atoms with E-state index in [1.165, 1.54) is 4.90 Å². The van der Waals surface area contributed by atoms with E-state index in [-0.39, 0.29) is 24.8 Å². The third-order valence-electron chi connectivity index (χ3n) is 10.1. The summed E-state index contributed by atoms with van der Waals surface area (Å²) in [5, 5.41) is 26.3. The molecular formula is C35H59N5O8. The number of carbonyl (C=O) groups excluding carboxylic acids is 4. The quantitative estimate of drug-likeness (QED) is 0.129. The molecular weight excluding hydrogens is 618 g/mol. The van der Waals surface area contributed by atoms with Gasteiger partial charge in [0.05, 0.1) is 0 Å². The van der Waals surface area contributed by atoms with E-state index in [1.54, 1.807) is 4.90 Å². The zero-order valence-electron chi connectivity index (χ0n) is 29.8. The lowest BCUT2D eigenvalue weighted by atomic mass is 9.88. The number of rotatable bonds is 13. The summed E-state index contributed by atoms with van der Waals surface area (Å²) in [6, 6.07) is -1.40. The molecule has 0 aromatic rings. The molecule has 3 aliphatic rings. The minimum atomic E-state index is -1.36. The van der Waals surface area contributed by atoms with Gasteiger partial charge in [0.1, 0.15) is 36.2 Å². The summed E-state index contributed by atoms with van der Waals surface area (Å²) in [5.74, 6) is -2.25. The number of aliphatic hydroxyl groups excluding tert-OH is 1. The first kappa shape index (κ1) is 39.4. The van der Waals surface area contributed by atoms with Gasteiger partial charge in [-0.15, -0.1) is 0 Å². The van der Waals surface area contributed by atoms with Gasteiger partial charge in [0.25, 0.3) is 0 Å². The molecule has 272 valence electrons. The molecule has 0 bridgehead atoms. The Hall–Kier alpha value is -3.03. The van der Waals surface area contributed by atoms with E-state index in [9.17, 15) is 34.2 Å². The Morgan fingerprint density at radius 3 is 2.54 bits per heavy atom. The Balaban J connectivity index is 1.75. The smallest absolute Gasteiger partial charge is 0.408 e. The number of amides is 3. The van der Waals surface area contributed by atoms with Crippen LogP contribution in [0.3, 0.4) is 0 Å². The number of aliphatic carboxylic acids is 1. The van der Waals surface area contributed by atoms with E-state index in [4.69, 9.17) is 4.74 Å². The van der Waals surface area contributed by atoms with Crippen molar-refractivity contribution in [1.82, 2.24) is 25.3 Å². The normalized spacial score (nSPS) is 27.3. The average Bonchev–Trinajstić information content (AvgIpc) is 3.47. The second kappa shape index (κ2) is 17.6. The lowest BCUT2D eigenvalue weighted by molar-refractivity contribution is -0.145. The lowest BCUT2D eigenvalue weighted by Gasteiger charge is -2.37. The maximum Gasteiger partial charge on any atom is 0.408 e. The summed E-state index contributed by atoms with van der Waals surface area (Å²) in [6.45, 7) is 11.8. The Bertz CT molecular complexity index is 1160. The van der Waals surface area contributed by atoms with Gasteiger partial charge < -0.3 is 40.2 Å². The molecule has 0 aromatic carbocycles. The van der Waals surface area contributed by atoms with E-state index in [0.29, 0.717) is 57.5 Å². The maximum absolute atomic E-state index is 14.0. The highest BCUT2D eigenvalue weighted by Gasteiger charge is 2.61. The molecule has 13 nitrogen and oxygen atoms in total. The predicted octanol–water partition coefficient (Wildman–Crippen LogP) is 2.91. The summed E-state index contributed by atoms with van der Waals surface area (Å²) in [4.78, 5) is 69.7. The van der Waals surface area contributed by atoms with Crippen LogP contribution in [0.15, 0.2) is 12.2 Å². The van der Waals surface area contributed by atoms with Crippen LogP contribution in [0.2, 0.25) is 0 Å². The van der Waals surface area contributed by atoms with E-state index in [0.717, 1.165) is 32.2 Å². The second-order valence-electron chi connectivity index (χ2n) is 15.1. The van der Waals surface area contributed by atoms with Crippen molar-refractivity contribution in [1.29, 1.82) is 0 Å². The zero-order chi connectivity index (χ0) is 35.6. The Labute approximate surface area is 285 Å². The number of carboxylic acid groups (broad SMARTS) is 1. The predicted molar refractivity (Wildman–Crippen MR) is 181 cm³/mol. The highest BCUT2D eigenvalue weighted by molar-refractivity contribution is 5.96. The van der Waals surface area contributed by atoms with Gasteiger partial charge in [-0.05, 0) is 72.4 Å². The number of nitrogens with zero attached hydrogens (tertiary/aromatic N) is 3. The summed E-state index contributed by atoms with van der Waals surface area (Å²) < 4.78 is 5.98. The molecule has 48 heavy (non-hydrogen) atoms. The molecule has 3 amide bonds. The lowest BCUT2D eigenvalue weighted by Crippen LogP contribution is -2.56. The van der Waals surface area contributed by atoms with Crippen LogP contribution in [-0.4, -0.2) is 124 Å². The third kappa shape index (κ3) is 10.7. The molecule has 6 atom stereocenters. The van der Waals surface area contributed by atoms with Crippen molar-refractivity contribution in [3.05, 3.63) is 12.2 Å². The van der Waals surface area contributed by atoms with Crippen LogP contribution in [0, 0.1) is 11.3 Å². The zero-order valence-corrected chi connectivity index (χ0v) is 29.8. The highest BCUT2D eigenvalue weighted by Crippen LogP contribution is 2.45. The van der Waals surface area contributed by atoms with Crippen LogP contribution in [0.25, 0.3) is 0 Å². The Morgan fingerprint density at radius 2 is 1.90 bits per heavy atom. The molecule has 2 heterocycles. The van der Waals surface area contributed by atoms with Crippen molar-refractivity contribution in [2.24, 2.45) is 11.3 Å². The number of hydrogen-bond acceptors (Lipinski definition) is 9. The van der Waals surface area contributed by atoms with Crippen molar-refractivity contribution in [3.8, 4) is 0 Å². The number of aldehydes is 1. The standard InChI is InChI=1S/C35H59N5O8/c1-24(2)38(6)18-13-19-39(29(42)17-21-41)23-28(34(3,4)5)48-33(47)36-26-15-11-9-7-8-10-14-25-22-35(25,32(45)46)37-30(43)27-16-12-20-40(27)31(26)44/h10,14,21,24-29,42H,7-9,11-13,15-20,22-23H2,1-6H3,(H,36,47)(H,37,43)(H,45,46)/b14-10-/t25?,26-,27-,28?,29?,35+/m0/s1.